The molecule has 3 aromatic rings. The molecule has 0 aliphatic carbocycles. The Kier molecular flexibility index (Phi) is 5.03. The van der Waals surface area contributed by atoms with Crippen molar-refractivity contribution in [2.75, 3.05) is 4.90 Å². The number of rotatable bonds is 5. The van der Waals surface area contributed by atoms with Gasteiger partial charge in [-0.25, -0.2) is 8.78 Å². The summed E-state index contributed by atoms with van der Waals surface area (Å²) in [4.78, 5) is 31.2. The maximum absolute atomic E-state index is 13.8. The molecule has 0 saturated carbocycles. The second-order valence-electron chi connectivity index (χ2n) is 6.68. The third-order valence-corrected chi connectivity index (χ3v) is 4.83. The van der Waals surface area contributed by atoms with Gasteiger partial charge < -0.3 is 5.32 Å². The molecule has 0 fully saturated rings. The van der Waals surface area contributed by atoms with Crippen LogP contribution in [0.5, 0.6) is 0 Å². The van der Waals surface area contributed by atoms with Crippen LogP contribution >= 0.6 is 0 Å². The van der Waals surface area contributed by atoms with Crippen LogP contribution < -0.4 is 10.2 Å². The molecule has 0 radical (unpaired) electrons. The molecule has 1 aliphatic heterocycles. The fourth-order valence-electron chi connectivity index (χ4n) is 3.43. The second kappa shape index (κ2) is 7.79. The van der Waals surface area contributed by atoms with E-state index >= 15 is 0 Å². The largest absolute Gasteiger partial charge is 0.352 e. The summed E-state index contributed by atoms with van der Waals surface area (Å²) in [5.41, 5.74) is 1.74. The van der Waals surface area contributed by atoms with Gasteiger partial charge in [0.2, 0.25) is 5.91 Å². The number of carbonyl (C=O) groups excluding carboxylic acids is 2. The van der Waals surface area contributed by atoms with Crippen molar-refractivity contribution in [1.29, 1.82) is 0 Å². The maximum atomic E-state index is 13.8. The number of nitrogens with zero attached hydrogens (tertiary/aromatic N) is 2. The first-order valence-electron chi connectivity index (χ1n) is 9.09. The Balaban J connectivity index is 1.57. The molecule has 146 valence electrons. The molecular weight excluding hydrogens is 376 g/mol. The molecule has 29 heavy (non-hydrogen) atoms. The van der Waals surface area contributed by atoms with Crippen LogP contribution in [-0.4, -0.2) is 16.8 Å². The molecule has 1 aromatic heterocycles. The lowest BCUT2D eigenvalue weighted by Gasteiger charge is -2.24. The van der Waals surface area contributed by atoms with Gasteiger partial charge in [-0.3, -0.25) is 19.5 Å². The molecule has 1 atom stereocenters. The van der Waals surface area contributed by atoms with Crippen LogP contribution in [0.1, 0.15) is 34.1 Å². The van der Waals surface area contributed by atoms with Gasteiger partial charge in [-0.1, -0.05) is 18.2 Å². The fraction of sp³-hybridized carbons (Fsp3) is 0.136. The Morgan fingerprint density at radius 3 is 2.55 bits per heavy atom. The Bertz CT molecular complexity index is 1070. The number of fused-ring (bicyclic) bond motifs is 1. The number of hydrogen-bond acceptors (Lipinski definition) is 3. The summed E-state index contributed by atoms with van der Waals surface area (Å²) >= 11 is 0. The molecule has 1 aliphatic rings. The van der Waals surface area contributed by atoms with Crippen molar-refractivity contribution >= 4 is 17.5 Å². The zero-order valence-electron chi connectivity index (χ0n) is 15.3. The van der Waals surface area contributed by atoms with Crippen LogP contribution in [-0.2, 0) is 11.3 Å². The Hall–Kier alpha value is -3.61. The van der Waals surface area contributed by atoms with E-state index < -0.39 is 17.7 Å². The van der Waals surface area contributed by atoms with Crippen LogP contribution in [0.3, 0.4) is 0 Å². The molecule has 0 saturated heterocycles. The highest BCUT2D eigenvalue weighted by atomic mass is 19.1. The lowest BCUT2D eigenvalue weighted by atomic mass is 10.1. The van der Waals surface area contributed by atoms with Crippen molar-refractivity contribution in [2.24, 2.45) is 0 Å². The zero-order chi connectivity index (χ0) is 20.4. The molecule has 0 spiro atoms. The number of anilines is 1. The number of carbonyl (C=O) groups is 2. The summed E-state index contributed by atoms with van der Waals surface area (Å²) in [6.45, 7) is 0.0395. The van der Waals surface area contributed by atoms with Crippen LogP contribution in [0.25, 0.3) is 0 Å². The minimum absolute atomic E-state index is 0.0395. The molecule has 5 nitrogen and oxygen atoms in total. The highest BCUT2D eigenvalue weighted by Gasteiger charge is 2.39. The van der Waals surface area contributed by atoms with Gasteiger partial charge in [0.1, 0.15) is 11.6 Å². The first-order chi connectivity index (χ1) is 14.0. The SMILES string of the molecule is O=C(CC1c2ncccc2C(=O)N1c1ccc(F)cc1)NCc1ccccc1F. The van der Waals surface area contributed by atoms with Crippen molar-refractivity contribution in [1.82, 2.24) is 10.3 Å². The van der Waals surface area contributed by atoms with Crippen LogP contribution in [0.15, 0.2) is 66.9 Å². The second-order valence-corrected chi connectivity index (χ2v) is 6.68. The van der Waals surface area contributed by atoms with Gasteiger partial charge in [0, 0.05) is 24.0 Å². The Labute approximate surface area is 166 Å². The Morgan fingerprint density at radius 1 is 1.03 bits per heavy atom. The number of hydrogen-bond donors (Lipinski definition) is 1. The maximum Gasteiger partial charge on any atom is 0.260 e. The van der Waals surface area contributed by atoms with Crippen molar-refractivity contribution < 1.29 is 18.4 Å². The molecule has 2 aromatic carbocycles. The molecule has 7 heteroatoms. The van der Waals surface area contributed by atoms with E-state index in [4.69, 9.17) is 0 Å². The van der Waals surface area contributed by atoms with Gasteiger partial charge in [-0.2, -0.15) is 0 Å². The Morgan fingerprint density at radius 2 is 1.79 bits per heavy atom. The standard InChI is InChI=1S/C22H17F2N3O2/c23-15-7-9-16(10-8-15)27-19(21-17(22(27)29)5-3-11-25-21)12-20(28)26-13-14-4-1-2-6-18(14)24/h1-11,19H,12-13H2,(H,26,28). The van der Waals surface area contributed by atoms with Gasteiger partial charge in [-0.05, 0) is 42.5 Å². The molecular formula is C22H17F2N3O2. The minimum Gasteiger partial charge on any atom is -0.352 e. The zero-order valence-corrected chi connectivity index (χ0v) is 15.3. The topological polar surface area (TPSA) is 62.3 Å². The third-order valence-electron chi connectivity index (χ3n) is 4.83. The van der Waals surface area contributed by atoms with E-state index in [-0.39, 0.29) is 24.8 Å². The van der Waals surface area contributed by atoms with E-state index in [2.05, 4.69) is 10.3 Å². The summed E-state index contributed by atoms with van der Waals surface area (Å²) in [5, 5.41) is 2.69. The van der Waals surface area contributed by atoms with Gasteiger partial charge in [0.05, 0.1) is 23.7 Å². The molecule has 2 amide bonds. The first kappa shape index (κ1) is 18.7. The predicted octanol–water partition coefficient (Wildman–Crippen LogP) is 3.77. The van der Waals surface area contributed by atoms with Gasteiger partial charge in [0.15, 0.2) is 0 Å². The summed E-state index contributed by atoms with van der Waals surface area (Å²) in [6.07, 6.45) is 1.51. The minimum atomic E-state index is -0.634. The molecule has 2 heterocycles. The highest BCUT2D eigenvalue weighted by Crippen LogP contribution is 2.38. The third kappa shape index (κ3) is 3.71. The molecule has 4 rings (SSSR count). The first-order valence-corrected chi connectivity index (χ1v) is 9.09. The quantitative estimate of drug-likeness (QED) is 0.718. The number of pyridine rings is 1. The summed E-state index contributed by atoms with van der Waals surface area (Å²) in [5.74, 6) is -1.47. The smallest absolute Gasteiger partial charge is 0.260 e. The van der Waals surface area contributed by atoms with E-state index in [1.807, 2.05) is 0 Å². The number of benzene rings is 2. The summed E-state index contributed by atoms with van der Waals surface area (Å²) in [6, 6.07) is 14.4. The lowest BCUT2D eigenvalue weighted by molar-refractivity contribution is -0.121. The predicted molar refractivity (Wildman–Crippen MR) is 103 cm³/mol. The van der Waals surface area contributed by atoms with Crippen molar-refractivity contribution in [3.05, 3.63) is 95.3 Å². The van der Waals surface area contributed by atoms with E-state index in [0.717, 1.165) is 0 Å². The van der Waals surface area contributed by atoms with Crippen LogP contribution in [0, 0.1) is 11.6 Å². The lowest BCUT2D eigenvalue weighted by Crippen LogP contribution is -2.33. The number of aromatic nitrogens is 1. The fourth-order valence-corrected chi connectivity index (χ4v) is 3.43. The van der Waals surface area contributed by atoms with E-state index in [9.17, 15) is 18.4 Å². The summed E-state index contributed by atoms with van der Waals surface area (Å²) < 4.78 is 27.1. The molecule has 1 N–H and O–H groups in total. The average Bonchev–Trinajstić information content (AvgIpc) is 3.00. The van der Waals surface area contributed by atoms with Gasteiger partial charge in [0.25, 0.3) is 5.91 Å². The monoisotopic (exact) mass is 393 g/mol. The number of halogens is 2. The average molecular weight is 393 g/mol. The van der Waals surface area contributed by atoms with Crippen molar-refractivity contribution in [3.8, 4) is 0 Å². The number of amides is 2. The summed E-state index contributed by atoms with van der Waals surface area (Å²) in [7, 11) is 0. The van der Waals surface area contributed by atoms with Crippen LogP contribution in [0.2, 0.25) is 0 Å². The van der Waals surface area contributed by atoms with Gasteiger partial charge in [-0.15, -0.1) is 0 Å². The van der Waals surface area contributed by atoms with Gasteiger partial charge >= 0.3 is 0 Å². The number of nitrogens with one attached hydrogen (secondary N) is 1. The van der Waals surface area contributed by atoms with Crippen molar-refractivity contribution in [3.63, 3.8) is 0 Å². The van der Waals surface area contributed by atoms with E-state index in [0.29, 0.717) is 22.5 Å². The van der Waals surface area contributed by atoms with E-state index in [1.54, 1.807) is 36.5 Å². The molecule has 1 unspecified atom stereocenters. The normalized spacial score (nSPS) is 15.3. The highest BCUT2D eigenvalue weighted by molar-refractivity contribution is 6.11. The van der Waals surface area contributed by atoms with Crippen LogP contribution in [0.4, 0.5) is 14.5 Å². The van der Waals surface area contributed by atoms with Crippen molar-refractivity contribution in [2.45, 2.75) is 19.0 Å². The van der Waals surface area contributed by atoms with E-state index in [1.165, 1.54) is 35.2 Å². The molecule has 0 bridgehead atoms.